The van der Waals surface area contributed by atoms with Crippen molar-refractivity contribution in [2.24, 2.45) is 5.16 Å². The minimum Gasteiger partial charge on any atom is -0.399 e. The summed E-state index contributed by atoms with van der Waals surface area (Å²) in [5.74, 6) is 0. The van der Waals surface area contributed by atoms with E-state index in [4.69, 9.17) is 0 Å². The molecule has 0 unspecified atom stereocenters. The minimum absolute atomic E-state index is 0.122. The topological polar surface area (TPSA) is 68.0 Å². The molecule has 0 bridgehead atoms. The number of nitro groups is 1. The van der Waals surface area contributed by atoms with Crippen molar-refractivity contribution in [1.29, 1.82) is 0 Å². The average Bonchev–Trinajstić information content (AvgIpc) is 2.89. The van der Waals surface area contributed by atoms with Gasteiger partial charge in [-0.05, 0) is 18.9 Å². The average molecular weight is 249 g/mol. The number of nitrogens with zero attached hydrogens (tertiary/aromatic N) is 3. The molecule has 0 saturated carbocycles. The molecule has 1 heterocycles. The number of hydrogen-bond acceptors (Lipinski definition) is 5. The first-order valence-electron chi connectivity index (χ1n) is 5.82. The molecule has 2 rings (SSSR count). The van der Waals surface area contributed by atoms with Crippen LogP contribution in [0.2, 0.25) is 0 Å². The van der Waals surface area contributed by atoms with E-state index in [0.717, 1.165) is 25.9 Å². The fourth-order valence-electron chi connectivity index (χ4n) is 2.11. The zero-order valence-electron chi connectivity index (χ0n) is 10.2. The zero-order valence-corrected chi connectivity index (χ0v) is 10.2. The fourth-order valence-corrected chi connectivity index (χ4v) is 2.11. The van der Waals surface area contributed by atoms with Crippen LogP contribution in [0.3, 0.4) is 0 Å². The van der Waals surface area contributed by atoms with Crippen molar-refractivity contribution < 1.29 is 9.76 Å². The van der Waals surface area contributed by atoms with Crippen LogP contribution in [0, 0.1) is 10.1 Å². The second kappa shape index (κ2) is 5.48. The van der Waals surface area contributed by atoms with E-state index in [-0.39, 0.29) is 10.6 Å². The molecule has 0 N–H and O–H groups in total. The lowest BCUT2D eigenvalue weighted by Crippen LogP contribution is -2.18. The third kappa shape index (κ3) is 2.58. The highest BCUT2D eigenvalue weighted by Crippen LogP contribution is 2.31. The van der Waals surface area contributed by atoms with Crippen LogP contribution in [0.1, 0.15) is 18.4 Å². The number of hydrogen-bond donors (Lipinski definition) is 0. The number of rotatable bonds is 4. The normalized spacial score (nSPS) is 15.3. The van der Waals surface area contributed by atoms with Gasteiger partial charge >= 0.3 is 0 Å². The molecule has 1 saturated heterocycles. The first kappa shape index (κ1) is 12.3. The second-order valence-corrected chi connectivity index (χ2v) is 4.12. The molecule has 0 spiro atoms. The van der Waals surface area contributed by atoms with Crippen LogP contribution in [0.25, 0.3) is 0 Å². The van der Waals surface area contributed by atoms with E-state index < -0.39 is 0 Å². The Hall–Kier alpha value is -2.11. The Balaban J connectivity index is 2.34. The summed E-state index contributed by atoms with van der Waals surface area (Å²) in [7, 11) is 1.43. The van der Waals surface area contributed by atoms with E-state index in [9.17, 15) is 10.1 Å². The maximum Gasteiger partial charge on any atom is 0.293 e. The molecule has 6 heteroatoms. The van der Waals surface area contributed by atoms with Gasteiger partial charge < -0.3 is 9.74 Å². The van der Waals surface area contributed by atoms with E-state index >= 15 is 0 Å². The first-order valence-corrected chi connectivity index (χ1v) is 5.82. The Morgan fingerprint density at radius 3 is 2.78 bits per heavy atom. The Labute approximate surface area is 105 Å². The molecule has 1 fully saturated rings. The molecule has 18 heavy (non-hydrogen) atoms. The summed E-state index contributed by atoms with van der Waals surface area (Å²) < 4.78 is 0. The molecule has 96 valence electrons. The molecule has 6 nitrogen and oxygen atoms in total. The largest absolute Gasteiger partial charge is 0.399 e. The fraction of sp³-hybridized carbons (Fsp3) is 0.417. The lowest BCUT2D eigenvalue weighted by molar-refractivity contribution is -0.384. The van der Waals surface area contributed by atoms with Crippen LogP contribution < -0.4 is 4.90 Å². The lowest BCUT2D eigenvalue weighted by atomic mass is 10.1. The molecule has 1 aliphatic heterocycles. The Bertz CT molecular complexity index is 468. The molecule has 0 aromatic heterocycles. The van der Waals surface area contributed by atoms with Gasteiger partial charge in [-0.3, -0.25) is 10.1 Å². The van der Waals surface area contributed by atoms with Crippen LogP contribution in [0.15, 0.2) is 23.4 Å². The van der Waals surface area contributed by atoms with Crippen molar-refractivity contribution in [2.45, 2.75) is 12.8 Å². The smallest absolute Gasteiger partial charge is 0.293 e. The third-order valence-corrected chi connectivity index (χ3v) is 2.95. The third-order valence-electron chi connectivity index (χ3n) is 2.95. The van der Waals surface area contributed by atoms with Crippen molar-refractivity contribution >= 4 is 17.6 Å². The maximum absolute atomic E-state index is 11.1. The molecule has 0 atom stereocenters. The molecule has 1 aromatic rings. The standard InChI is InChI=1S/C12H15N3O3/c1-18-13-9-10-4-5-11(12(8-10)15(16)17)14-6-2-3-7-14/h4-5,8-9H,2-3,6-7H2,1H3. The summed E-state index contributed by atoms with van der Waals surface area (Å²) in [6.45, 7) is 1.76. The first-order chi connectivity index (χ1) is 8.72. The van der Waals surface area contributed by atoms with E-state index in [1.807, 2.05) is 6.07 Å². The molecular weight excluding hydrogens is 234 g/mol. The Kier molecular flexibility index (Phi) is 3.76. The molecule has 0 aliphatic carbocycles. The predicted molar refractivity (Wildman–Crippen MR) is 69.1 cm³/mol. The highest BCUT2D eigenvalue weighted by atomic mass is 16.6. The second-order valence-electron chi connectivity index (χ2n) is 4.12. The highest BCUT2D eigenvalue weighted by Gasteiger charge is 2.22. The highest BCUT2D eigenvalue weighted by molar-refractivity contribution is 5.82. The molecular formula is C12H15N3O3. The summed E-state index contributed by atoms with van der Waals surface area (Å²) in [6.07, 6.45) is 3.63. The van der Waals surface area contributed by atoms with Crippen molar-refractivity contribution in [3.05, 3.63) is 33.9 Å². The SMILES string of the molecule is CON=Cc1ccc(N2CCCC2)c([N+](=O)[O-])c1. The summed E-state index contributed by atoms with van der Waals surface area (Å²) in [5, 5.41) is 14.7. The number of nitro benzene ring substituents is 1. The molecule has 0 amide bonds. The van der Waals surface area contributed by atoms with E-state index in [2.05, 4.69) is 14.9 Å². The number of oxime groups is 1. The quantitative estimate of drug-likeness (QED) is 0.466. The summed E-state index contributed by atoms with van der Waals surface area (Å²) >= 11 is 0. The zero-order chi connectivity index (χ0) is 13.0. The molecule has 0 radical (unpaired) electrons. The Morgan fingerprint density at radius 1 is 1.44 bits per heavy atom. The van der Waals surface area contributed by atoms with Gasteiger partial charge in [-0.15, -0.1) is 0 Å². The van der Waals surface area contributed by atoms with Gasteiger partial charge in [0.1, 0.15) is 12.8 Å². The maximum atomic E-state index is 11.1. The van der Waals surface area contributed by atoms with Gasteiger partial charge in [0.25, 0.3) is 5.69 Å². The Morgan fingerprint density at radius 2 is 2.17 bits per heavy atom. The van der Waals surface area contributed by atoms with Crippen molar-refractivity contribution in [1.82, 2.24) is 0 Å². The van der Waals surface area contributed by atoms with Gasteiger partial charge in [0.15, 0.2) is 0 Å². The van der Waals surface area contributed by atoms with Crippen molar-refractivity contribution in [2.75, 3.05) is 25.1 Å². The monoisotopic (exact) mass is 249 g/mol. The summed E-state index contributed by atoms with van der Waals surface area (Å²) in [6, 6.07) is 5.11. The summed E-state index contributed by atoms with van der Waals surface area (Å²) in [5.41, 5.74) is 1.47. The molecule has 1 aromatic carbocycles. The van der Waals surface area contributed by atoms with Crippen LogP contribution in [-0.2, 0) is 4.84 Å². The summed E-state index contributed by atoms with van der Waals surface area (Å²) in [4.78, 5) is 17.4. The van der Waals surface area contributed by atoms with Gasteiger partial charge in [0.05, 0.1) is 11.1 Å². The van der Waals surface area contributed by atoms with Gasteiger partial charge in [0.2, 0.25) is 0 Å². The molecule has 1 aliphatic rings. The van der Waals surface area contributed by atoms with Gasteiger partial charge in [0, 0.05) is 24.7 Å². The van der Waals surface area contributed by atoms with Gasteiger partial charge in [-0.2, -0.15) is 0 Å². The number of anilines is 1. The van der Waals surface area contributed by atoms with Crippen LogP contribution in [-0.4, -0.2) is 31.3 Å². The van der Waals surface area contributed by atoms with Gasteiger partial charge in [-0.25, -0.2) is 0 Å². The van der Waals surface area contributed by atoms with Crippen LogP contribution >= 0.6 is 0 Å². The van der Waals surface area contributed by atoms with Crippen molar-refractivity contribution in [3.8, 4) is 0 Å². The van der Waals surface area contributed by atoms with Gasteiger partial charge in [-0.1, -0.05) is 11.2 Å². The number of benzene rings is 1. The van der Waals surface area contributed by atoms with Crippen molar-refractivity contribution in [3.63, 3.8) is 0 Å². The van der Waals surface area contributed by atoms with E-state index in [1.165, 1.54) is 19.4 Å². The van der Waals surface area contributed by atoms with E-state index in [1.54, 1.807) is 6.07 Å². The lowest BCUT2D eigenvalue weighted by Gasteiger charge is -2.17. The predicted octanol–water partition coefficient (Wildman–Crippen LogP) is 2.18. The minimum atomic E-state index is -0.349. The van der Waals surface area contributed by atoms with E-state index in [0.29, 0.717) is 11.3 Å². The van der Waals surface area contributed by atoms with Crippen LogP contribution in [0.4, 0.5) is 11.4 Å². The van der Waals surface area contributed by atoms with Crippen LogP contribution in [0.5, 0.6) is 0 Å².